The van der Waals surface area contributed by atoms with Crippen LogP contribution in [0.1, 0.15) is 17.3 Å². The van der Waals surface area contributed by atoms with Gasteiger partial charge in [-0.3, -0.25) is 0 Å². The minimum absolute atomic E-state index is 0.228. The lowest BCUT2D eigenvalue weighted by Gasteiger charge is -2.15. The quantitative estimate of drug-likeness (QED) is 0.905. The van der Waals surface area contributed by atoms with E-state index < -0.39 is 0 Å². The van der Waals surface area contributed by atoms with Crippen molar-refractivity contribution in [2.75, 3.05) is 14.2 Å². The minimum Gasteiger partial charge on any atom is -0.494 e. The summed E-state index contributed by atoms with van der Waals surface area (Å²) in [7, 11) is 3.20. The third kappa shape index (κ3) is 2.27. The summed E-state index contributed by atoms with van der Waals surface area (Å²) in [4.78, 5) is 0. The molecule has 0 aliphatic heterocycles. The number of rotatable bonds is 4. The molecule has 2 aromatic rings. The molecule has 1 aromatic carbocycles. The second-order valence-electron chi connectivity index (χ2n) is 3.42. The first kappa shape index (κ1) is 11.9. The molecule has 0 radical (unpaired) electrons. The van der Waals surface area contributed by atoms with Crippen LogP contribution >= 0.6 is 11.7 Å². The number of aromatic nitrogens is 2. The molecule has 1 N–H and O–H groups in total. The number of hydrogen-bond donors (Lipinski definition) is 1. The Morgan fingerprint density at radius 3 is 2.88 bits per heavy atom. The van der Waals surface area contributed by atoms with E-state index in [9.17, 15) is 4.39 Å². The zero-order valence-corrected chi connectivity index (χ0v) is 10.3. The lowest BCUT2D eigenvalue weighted by molar-refractivity contribution is 0.382. The maximum Gasteiger partial charge on any atom is 0.170 e. The second kappa shape index (κ2) is 5.20. The predicted molar refractivity (Wildman–Crippen MR) is 63.8 cm³/mol. The van der Waals surface area contributed by atoms with E-state index in [1.165, 1.54) is 7.11 Å². The Kier molecular flexibility index (Phi) is 3.65. The largest absolute Gasteiger partial charge is 0.494 e. The fraction of sp³-hybridized carbons (Fsp3) is 0.273. The molecule has 1 unspecified atom stereocenters. The first-order valence-electron chi connectivity index (χ1n) is 5.05. The van der Waals surface area contributed by atoms with Gasteiger partial charge in [-0.1, -0.05) is 12.1 Å². The van der Waals surface area contributed by atoms with Crippen molar-refractivity contribution in [3.05, 3.63) is 41.5 Å². The van der Waals surface area contributed by atoms with E-state index >= 15 is 0 Å². The Morgan fingerprint density at radius 2 is 2.29 bits per heavy atom. The Morgan fingerprint density at radius 1 is 1.47 bits per heavy atom. The molecule has 0 saturated heterocycles. The van der Waals surface area contributed by atoms with Gasteiger partial charge in [-0.15, -0.1) is 0 Å². The number of benzene rings is 1. The van der Waals surface area contributed by atoms with Crippen LogP contribution in [0.5, 0.6) is 5.75 Å². The van der Waals surface area contributed by atoms with Crippen LogP contribution in [0.3, 0.4) is 0 Å². The van der Waals surface area contributed by atoms with Crippen LogP contribution in [0.25, 0.3) is 0 Å². The van der Waals surface area contributed by atoms with Crippen molar-refractivity contribution in [1.29, 1.82) is 0 Å². The Bertz CT molecular complexity index is 489. The van der Waals surface area contributed by atoms with Crippen molar-refractivity contribution in [3.8, 4) is 5.75 Å². The van der Waals surface area contributed by atoms with Crippen LogP contribution in [0.2, 0.25) is 0 Å². The van der Waals surface area contributed by atoms with E-state index in [-0.39, 0.29) is 17.6 Å². The number of halogens is 1. The smallest absolute Gasteiger partial charge is 0.170 e. The van der Waals surface area contributed by atoms with Crippen LogP contribution in [-0.2, 0) is 0 Å². The molecule has 17 heavy (non-hydrogen) atoms. The van der Waals surface area contributed by atoms with E-state index in [2.05, 4.69) is 14.1 Å². The van der Waals surface area contributed by atoms with E-state index in [1.54, 1.807) is 31.4 Å². The highest BCUT2D eigenvalue weighted by atomic mass is 32.1. The zero-order valence-electron chi connectivity index (χ0n) is 9.48. The fourth-order valence-corrected chi connectivity index (χ4v) is 2.12. The van der Waals surface area contributed by atoms with E-state index in [4.69, 9.17) is 4.74 Å². The van der Waals surface area contributed by atoms with Crippen LogP contribution in [-0.4, -0.2) is 22.9 Å². The van der Waals surface area contributed by atoms with Crippen molar-refractivity contribution in [2.24, 2.45) is 0 Å². The molecule has 0 amide bonds. The first-order chi connectivity index (χ1) is 8.27. The van der Waals surface area contributed by atoms with Gasteiger partial charge in [0.15, 0.2) is 11.6 Å². The molecule has 4 nitrogen and oxygen atoms in total. The highest BCUT2D eigenvalue weighted by Crippen LogP contribution is 2.28. The normalized spacial score (nSPS) is 12.4. The van der Waals surface area contributed by atoms with Gasteiger partial charge in [0.2, 0.25) is 0 Å². The topological polar surface area (TPSA) is 47.0 Å². The molecule has 0 saturated carbocycles. The highest BCUT2D eigenvalue weighted by molar-refractivity contribution is 6.99. The van der Waals surface area contributed by atoms with Gasteiger partial charge in [-0.25, -0.2) is 4.39 Å². The van der Waals surface area contributed by atoms with Gasteiger partial charge < -0.3 is 10.1 Å². The Balaban J connectivity index is 2.44. The standard InChI is InChI=1S/C11H12FN3OS/c1-13-11(8-6-14-17-15-8)7-4-3-5-9(16-2)10(7)12/h3-6,11,13H,1-2H3. The maximum atomic E-state index is 14.1. The number of hydrogen-bond acceptors (Lipinski definition) is 5. The van der Waals surface area contributed by atoms with Gasteiger partial charge >= 0.3 is 0 Å². The van der Waals surface area contributed by atoms with Crippen LogP contribution < -0.4 is 10.1 Å². The van der Waals surface area contributed by atoms with Gasteiger partial charge in [0.1, 0.15) is 0 Å². The highest BCUT2D eigenvalue weighted by Gasteiger charge is 2.20. The predicted octanol–water partition coefficient (Wildman–Crippen LogP) is 1.99. The summed E-state index contributed by atoms with van der Waals surface area (Å²) in [5, 5.41) is 3.02. The third-order valence-corrected chi connectivity index (χ3v) is 2.98. The van der Waals surface area contributed by atoms with Crippen LogP contribution in [0.4, 0.5) is 4.39 Å². The van der Waals surface area contributed by atoms with Crippen LogP contribution in [0.15, 0.2) is 24.4 Å². The monoisotopic (exact) mass is 253 g/mol. The summed E-state index contributed by atoms with van der Waals surface area (Å²) < 4.78 is 27.1. The third-order valence-electron chi connectivity index (χ3n) is 2.49. The Hall–Kier alpha value is -1.53. The molecule has 6 heteroatoms. The summed E-state index contributed by atoms with van der Waals surface area (Å²) >= 11 is 1.10. The summed E-state index contributed by atoms with van der Waals surface area (Å²) in [6.07, 6.45) is 1.63. The molecule has 2 rings (SSSR count). The summed E-state index contributed by atoms with van der Waals surface area (Å²) in [6, 6.07) is 4.73. The summed E-state index contributed by atoms with van der Waals surface area (Å²) in [5.74, 6) is -0.145. The average Bonchev–Trinajstić information content (AvgIpc) is 2.86. The molecular formula is C11H12FN3OS. The molecule has 90 valence electrons. The molecular weight excluding hydrogens is 241 g/mol. The fourth-order valence-electron chi connectivity index (χ4n) is 1.67. The number of methoxy groups -OCH3 is 1. The van der Waals surface area contributed by atoms with Crippen LogP contribution in [0, 0.1) is 5.82 Å². The SMILES string of the molecule is CNC(c1cnsn1)c1cccc(OC)c1F. The summed E-state index contributed by atoms with van der Waals surface area (Å²) in [6.45, 7) is 0. The molecule has 0 aliphatic carbocycles. The van der Waals surface area contributed by atoms with Crippen molar-refractivity contribution in [3.63, 3.8) is 0 Å². The minimum atomic E-state index is -0.373. The number of nitrogens with zero attached hydrogens (tertiary/aromatic N) is 2. The lowest BCUT2D eigenvalue weighted by atomic mass is 10.0. The zero-order chi connectivity index (χ0) is 12.3. The molecule has 0 fully saturated rings. The molecule has 1 aromatic heterocycles. The van der Waals surface area contributed by atoms with Crippen molar-refractivity contribution < 1.29 is 9.13 Å². The second-order valence-corrected chi connectivity index (χ2v) is 3.97. The van der Waals surface area contributed by atoms with Gasteiger partial charge in [0.25, 0.3) is 0 Å². The number of nitrogens with one attached hydrogen (secondary N) is 1. The van der Waals surface area contributed by atoms with Crippen molar-refractivity contribution in [2.45, 2.75) is 6.04 Å². The molecule has 0 bridgehead atoms. The summed E-state index contributed by atoms with van der Waals surface area (Å²) in [5.41, 5.74) is 1.20. The van der Waals surface area contributed by atoms with Gasteiger partial charge in [-0.05, 0) is 13.1 Å². The van der Waals surface area contributed by atoms with E-state index in [0.29, 0.717) is 11.3 Å². The van der Waals surface area contributed by atoms with Crippen molar-refractivity contribution in [1.82, 2.24) is 14.1 Å². The molecule has 1 heterocycles. The van der Waals surface area contributed by atoms with Gasteiger partial charge in [0, 0.05) is 5.56 Å². The van der Waals surface area contributed by atoms with Gasteiger partial charge in [0.05, 0.1) is 36.8 Å². The average molecular weight is 253 g/mol. The van der Waals surface area contributed by atoms with E-state index in [1.807, 2.05) is 0 Å². The van der Waals surface area contributed by atoms with E-state index in [0.717, 1.165) is 11.7 Å². The molecule has 1 atom stereocenters. The lowest BCUT2D eigenvalue weighted by Crippen LogP contribution is -2.19. The molecule has 0 aliphatic rings. The molecule has 0 spiro atoms. The van der Waals surface area contributed by atoms with Gasteiger partial charge in [-0.2, -0.15) is 8.75 Å². The van der Waals surface area contributed by atoms with Crippen molar-refractivity contribution >= 4 is 11.7 Å². The Labute approximate surface area is 103 Å². The first-order valence-corrected chi connectivity index (χ1v) is 5.78. The number of ether oxygens (including phenoxy) is 1. The maximum absolute atomic E-state index is 14.1.